The van der Waals surface area contributed by atoms with Crippen molar-refractivity contribution < 1.29 is 9.90 Å². The van der Waals surface area contributed by atoms with E-state index in [9.17, 15) is 9.90 Å². The molecule has 2 aromatic rings. The second-order valence-corrected chi connectivity index (χ2v) is 5.64. The summed E-state index contributed by atoms with van der Waals surface area (Å²) < 4.78 is 0. The van der Waals surface area contributed by atoms with Crippen LogP contribution in [0.1, 0.15) is 17.2 Å². The van der Waals surface area contributed by atoms with Crippen LogP contribution in [0.25, 0.3) is 11.1 Å². The van der Waals surface area contributed by atoms with E-state index in [1.54, 1.807) is 6.07 Å². The Morgan fingerprint density at radius 3 is 2.55 bits per heavy atom. The van der Waals surface area contributed by atoms with Crippen molar-refractivity contribution in [1.82, 2.24) is 0 Å². The lowest BCUT2D eigenvalue weighted by Gasteiger charge is -2.13. The Balaban J connectivity index is 2.09. The van der Waals surface area contributed by atoms with Crippen molar-refractivity contribution in [3.8, 4) is 11.1 Å². The Hall–Kier alpha value is -1.55. The van der Waals surface area contributed by atoms with Crippen LogP contribution in [0, 0.1) is 0 Å². The highest BCUT2D eigenvalue weighted by Gasteiger charge is 2.29. The molecule has 102 valence electrons. The quantitative estimate of drug-likeness (QED) is 0.834. The van der Waals surface area contributed by atoms with Gasteiger partial charge in [-0.25, -0.2) is 0 Å². The van der Waals surface area contributed by atoms with E-state index in [0.29, 0.717) is 11.3 Å². The van der Waals surface area contributed by atoms with Gasteiger partial charge in [0.25, 0.3) is 5.91 Å². The standard InChI is InChI=1S/C15H11Cl2NO2/c16-14(17)15(20)18-11-7-3-6-9-8-4-1-2-5-10(8)13(19)12(9)11/h1-7,13-14,19H,(H,18,20)/t13-/m0/s1. The number of carbonyl (C=O) groups is 1. The Bertz CT molecular complexity index is 685. The second-order valence-electron chi connectivity index (χ2n) is 4.55. The van der Waals surface area contributed by atoms with Crippen molar-refractivity contribution in [3.63, 3.8) is 0 Å². The number of hydrogen-bond donors (Lipinski definition) is 2. The molecule has 0 radical (unpaired) electrons. The van der Waals surface area contributed by atoms with Crippen LogP contribution in [0.3, 0.4) is 0 Å². The number of rotatable bonds is 2. The third kappa shape index (κ3) is 2.08. The Morgan fingerprint density at radius 1 is 1.10 bits per heavy atom. The van der Waals surface area contributed by atoms with Gasteiger partial charge in [0.15, 0.2) is 4.84 Å². The maximum Gasteiger partial charge on any atom is 0.257 e. The Labute approximate surface area is 126 Å². The topological polar surface area (TPSA) is 49.3 Å². The fraction of sp³-hybridized carbons (Fsp3) is 0.133. The highest BCUT2D eigenvalue weighted by molar-refractivity contribution is 6.54. The summed E-state index contributed by atoms with van der Waals surface area (Å²) >= 11 is 11.1. The summed E-state index contributed by atoms with van der Waals surface area (Å²) in [5.74, 6) is -0.509. The summed E-state index contributed by atoms with van der Waals surface area (Å²) in [5.41, 5.74) is 3.92. The molecule has 0 saturated carbocycles. The molecular weight excluding hydrogens is 297 g/mol. The molecule has 0 unspecified atom stereocenters. The van der Waals surface area contributed by atoms with Gasteiger partial charge in [0.2, 0.25) is 0 Å². The molecule has 0 saturated heterocycles. The number of nitrogens with one attached hydrogen (secondary N) is 1. The van der Waals surface area contributed by atoms with Gasteiger partial charge in [0.05, 0.1) is 0 Å². The average molecular weight is 308 g/mol. The lowest BCUT2D eigenvalue weighted by Crippen LogP contribution is -2.19. The van der Waals surface area contributed by atoms with Gasteiger partial charge in [0.1, 0.15) is 6.10 Å². The van der Waals surface area contributed by atoms with Crippen LogP contribution in [-0.2, 0) is 4.79 Å². The molecule has 5 heteroatoms. The van der Waals surface area contributed by atoms with Crippen molar-refractivity contribution in [1.29, 1.82) is 0 Å². The van der Waals surface area contributed by atoms with Crippen LogP contribution < -0.4 is 5.32 Å². The molecule has 1 amide bonds. The third-order valence-corrected chi connectivity index (χ3v) is 3.78. The Kier molecular flexibility index (Phi) is 3.42. The molecule has 0 aromatic heterocycles. The molecule has 1 atom stereocenters. The summed E-state index contributed by atoms with van der Waals surface area (Å²) in [5, 5.41) is 13.1. The van der Waals surface area contributed by atoms with Crippen LogP contribution in [0.4, 0.5) is 5.69 Å². The highest BCUT2D eigenvalue weighted by Crippen LogP contribution is 2.46. The molecular formula is C15H11Cl2NO2. The van der Waals surface area contributed by atoms with E-state index in [2.05, 4.69) is 5.32 Å². The van der Waals surface area contributed by atoms with Gasteiger partial charge in [-0.05, 0) is 22.8 Å². The highest BCUT2D eigenvalue weighted by atomic mass is 35.5. The normalized spacial score (nSPS) is 15.9. The van der Waals surface area contributed by atoms with E-state index < -0.39 is 16.8 Å². The lowest BCUT2D eigenvalue weighted by molar-refractivity contribution is -0.114. The molecule has 2 aromatic carbocycles. The van der Waals surface area contributed by atoms with E-state index in [0.717, 1.165) is 16.7 Å². The number of carbonyl (C=O) groups excluding carboxylic acids is 1. The number of anilines is 1. The number of amides is 1. The van der Waals surface area contributed by atoms with E-state index in [1.165, 1.54) is 0 Å². The van der Waals surface area contributed by atoms with Crippen molar-refractivity contribution >= 4 is 34.8 Å². The van der Waals surface area contributed by atoms with Gasteiger partial charge < -0.3 is 10.4 Å². The maximum atomic E-state index is 11.6. The van der Waals surface area contributed by atoms with Crippen LogP contribution in [0.2, 0.25) is 0 Å². The molecule has 1 aliphatic rings. The molecule has 0 fully saturated rings. The molecule has 3 nitrogen and oxygen atoms in total. The SMILES string of the molecule is O=C(Nc1cccc2c1[C@@H](O)c1ccccc1-2)C(Cl)Cl. The molecule has 0 spiro atoms. The molecule has 1 aliphatic carbocycles. The summed E-state index contributed by atoms with van der Waals surface area (Å²) in [6, 6.07) is 13.1. The van der Waals surface area contributed by atoms with Crippen LogP contribution in [0.15, 0.2) is 42.5 Å². The monoisotopic (exact) mass is 307 g/mol. The number of fused-ring (bicyclic) bond motifs is 3. The summed E-state index contributed by atoms with van der Waals surface area (Å²) in [6.07, 6.45) is -0.762. The van der Waals surface area contributed by atoms with Gasteiger partial charge in [0, 0.05) is 11.3 Å². The van der Waals surface area contributed by atoms with Crippen LogP contribution in [0.5, 0.6) is 0 Å². The summed E-state index contributed by atoms with van der Waals surface area (Å²) in [4.78, 5) is 10.5. The lowest BCUT2D eigenvalue weighted by atomic mass is 10.0. The van der Waals surface area contributed by atoms with Crippen molar-refractivity contribution in [2.75, 3.05) is 5.32 Å². The third-order valence-electron chi connectivity index (χ3n) is 3.38. The summed E-state index contributed by atoms with van der Waals surface area (Å²) in [6.45, 7) is 0. The fourth-order valence-corrected chi connectivity index (χ4v) is 2.64. The maximum absolute atomic E-state index is 11.6. The van der Waals surface area contributed by atoms with Gasteiger partial charge in [-0.15, -0.1) is 0 Å². The minimum atomic E-state index is -1.15. The van der Waals surface area contributed by atoms with Crippen molar-refractivity contribution in [2.45, 2.75) is 10.9 Å². The van der Waals surface area contributed by atoms with Crippen molar-refractivity contribution in [3.05, 3.63) is 53.6 Å². The van der Waals surface area contributed by atoms with E-state index >= 15 is 0 Å². The molecule has 2 N–H and O–H groups in total. The number of benzene rings is 2. The van der Waals surface area contributed by atoms with Crippen LogP contribution >= 0.6 is 23.2 Å². The summed E-state index contributed by atoms with van der Waals surface area (Å²) in [7, 11) is 0. The number of aliphatic hydroxyl groups excluding tert-OH is 1. The minimum absolute atomic E-state index is 0.509. The average Bonchev–Trinajstić information content (AvgIpc) is 2.74. The zero-order valence-corrected chi connectivity index (χ0v) is 11.8. The predicted octanol–water partition coefficient (Wildman–Crippen LogP) is 3.49. The van der Waals surface area contributed by atoms with Gasteiger partial charge >= 0.3 is 0 Å². The first-order valence-corrected chi connectivity index (χ1v) is 6.96. The molecule has 0 heterocycles. The van der Waals surface area contributed by atoms with Gasteiger partial charge in [-0.2, -0.15) is 0 Å². The number of hydrogen-bond acceptors (Lipinski definition) is 2. The second kappa shape index (κ2) is 5.09. The van der Waals surface area contributed by atoms with E-state index in [1.807, 2.05) is 36.4 Å². The fourth-order valence-electron chi connectivity index (χ4n) is 2.53. The first-order valence-electron chi connectivity index (χ1n) is 6.09. The molecule has 20 heavy (non-hydrogen) atoms. The number of alkyl halides is 2. The minimum Gasteiger partial charge on any atom is -0.384 e. The predicted molar refractivity (Wildman–Crippen MR) is 80.1 cm³/mol. The van der Waals surface area contributed by atoms with Gasteiger partial charge in [-0.1, -0.05) is 59.6 Å². The Morgan fingerprint density at radius 2 is 1.80 bits per heavy atom. The molecule has 0 bridgehead atoms. The molecule has 0 aliphatic heterocycles. The van der Waals surface area contributed by atoms with Crippen LogP contribution in [-0.4, -0.2) is 15.8 Å². The number of aliphatic hydroxyl groups is 1. The zero-order valence-electron chi connectivity index (χ0n) is 10.3. The largest absolute Gasteiger partial charge is 0.384 e. The smallest absolute Gasteiger partial charge is 0.257 e. The van der Waals surface area contributed by atoms with E-state index in [4.69, 9.17) is 23.2 Å². The molecule has 3 rings (SSSR count). The number of halogens is 2. The van der Waals surface area contributed by atoms with Crippen molar-refractivity contribution in [2.24, 2.45) is 0 Å². The first kappa shape index (κ1) is 13.4. The first-order chi connectivity index (χ1) is 9.59. The van der Waals surface area contributed by atoms with E-state index in [-0.39, 0.29) is 0 Å². The zero-order chi connectivity index (χ0) is 14.3. The van der Waals surface area contributed by atoms with Gasteiger partial charge in [-0.3, -0.25) is 4.79 Å².